The minimum Gasteiger partial charge on any atom is -0.493 e. The first-order valence-corrected chi connectivity index (χ1v) is 11.4. The van der Waals surface area contributed by atoms with Crippen LogP contribution >= 0.6 is 11.6 Å². The molecule has 178 valence electrons. The zero-order chi connectivity index (χ0) is 23.7. The fourth-order valence-corrected chi connectivity index (χ4v) is 4.43. The van der Waals surface area contributed by atoms with Gasteiger partial charge in [-0.3, -0.25) is 14.2 Å². The van der Waals surface area contributed by atoms with E-state index in [9.17, 15) is 9.18 Å². The van der Waals surface area contributed by atoms with Gasteiger partial charge in [0.1, 0.15) is 12.4 Å². The number of aromatic nitrogens is 2. The molecule has 2 aliphatic rings. The molecule has 5 rings (SSSR count). The van der Waals surface area contributed by atoms with Gasteiger partial charge in [-0.1, -0.05) is 17.7 Å². The number of benzene rings is 1. The van der Waals surface area contributed by atoms with Gasteiger partial charge in [-0.15, -0.1) is 0 Å². The van der Waals surface area contributed by atoms with Crippen LogP contribution in [0.25, 0.3) is 11.3 Å². The van der Waals surface area contributed by atoms with Crippen molar-refractivity contribution in [3.63, 3.8) is 0 Å². The second kappa shape index (κ2) is 9.52. The van der Waals surface area contributed by atoms with Gasteiger partial charge in [0, 0.05) is 42.9 Å². The standard InChI is InChI=1S/C24H24ClFN4O4/c1-32-23-16(25)3-2-4-17(23)29-22-19-20(13(9-26)10-28-24(19)31)30-21(22)15-5-7-27-11-18(15)34-12-14-6-8-33-14/h2-5,7,11,13-14,29-30H,6,8-10,12H2,1H3,(H,28,31)/t13-,14-/m0/s1. The number of halogens is 2. The molecule has 0 unspecified atom stereocenters. The second-order valence-electron chi connectivity index (χ2n) is 8.13. The molecular formula is C24H24ClFN4O4. The Labute approximate surface area is 200 Å². The van der Waals surface area contributed by atoms with Gasteiger partial charge in [0.15, 0.2) is 5.75 Å². The van der Waals surface area contributed by atoms with Crippen LogP contribution in [0.3, 0.4) is 0 Å². The Bertz CT molecular complexity index is 1210. The quantitative estimate of drug-likeness (QED) is 0.435. The maximum Gasteiger partial charge on any atom is 0.255 e. The first-order chi connectivity index (χ1) is 16.6. The zero-order valence-corrected chi connectivity index (χ0v) is 19.2. The average Bonchev–Trinajstić information content (AvgIpc) is 3.19. The van der Waals surface area contributed by atoms with Crippen molar-refractivity contribution in [1.29, 1.82) is 0 Å². The minimum absolute atomic E-state index is 0.0416. The molecule has 4 heterocycles. The summed E-state index contributed by atoms with van der Waals surface area (Å²) in [7, 11) is 1.52. The van der Waals surface area contributed by atoms with Gasteiger partial charge < -0.3 is 29.8 Å². The number of fused-ring (bicyclic) bond motifs is 1. The fourth-order valence-electron chi connectivity index (χ4n) is 4.18. The predicted octanol–water partition coefficient (Wildman–Crippen LogP) is 4.45. The summed E-state index contributed by atoms with van der Waals surface area (Å²) in [6, 6.07) is 7.06. The fraction of sp³-hybridized carbons (Fsp3) is 0.333. The number of aromatic amines is 1. The van der Waals surface area contributed by atoms with Crippen molar-refractivity contribution in [2.75, 3.05) is 38.9 Å². The summed E-state index contributed by atoms with van der Waals surface area (Å²) in [5.74, 6) is 0.148. The number of ether oxygens (including phenoxy) is 3. The van der Waals surface area contributed by atoms with E-state index in [1.165, 1.54) is 7.11 Å². The Hall–Kier alpha value is -3.30. The lowest BCUT2D eigenvalue weighted by Gasteiger charge is -2.26. The molecule has 8 nitrogen and oxygen atoms in total. The second-order valence-corrected chi connectivity index (χ2v) is 8.54. The molecule has 3 aromatic rings. The van der Waals surface area contributed by atoms with Gasteiger partial charge >= 0.3 is 0 Å². The van der Waals surface area contributed by atoms with E-state index >= 15 is 0 Å². The Kier molecular flexibility index (Phi) is 6.30. The van der Waals surface area contributed by atoms with E-state index in [1.54, 1.807) is 36.7 Å². The zero-order valence-electron chi connectivity index (χ0n) is 18.5. The van der Waals surface area contributed by atoms with E-state index in [1.807, 2.05) is 0 Å². The lowest BCUT2D eigenvalue weighted by Crippen LogP contribution is -2.35. The highest BCUT2D eigenvalue weighted by molar-refractivity contribution is 6.32. The SMILES string of the molecule is COc1c(Cl)cccc1Nc1c(-c2ccncc2OC[C@@H]2CCO2)[nH]c2c1C(=O)NC[C@@H]2CF. The molecular weight excluding hydrogens is 463 g/mol. The van der Waals surface area contributed by atoms with Crippen molar-refractivity contribution in [1.82, 2.24) is 15.3 Å². The molecule has 34 heavy (non-hydrogen) atoms. The van der Waals surface area contributed by atoms with E-state index in [0.717, 1.165) is 13.0 Å². The van der Waals surface area contributed by atoms with Crippen molar-refractivity contribution >= 4 is 28.9 Å². The maximum atomic E-state index is 13.9. The molecule has 1 aromatic carbocycles. The van der Waals surface area contributed by atoms with Crippen molar-refractivity contribution < 1.29 is 23.4 Å². The number of amides is 1. The highest BCUT2D eigenvalue weighted by atomic mass is 35.5. The number of hydrogen-bond donors (Lipinski definition) is 3. The molecule has 2 atom stereocenters. The number of alkyl halides is 1. The normalized spacial score (nSPS) is 19.1. The summed E-state index contributed by atoms with van der Waals surface area (Å²) in [5.41, 5.74) is 3.16. The Balaban J connectivity index is 1.63. The Morgan fingerprint density at radius 3 is 2.94 bits per heavy atom. The molecule has 1 amide bonds. The number of anilines is 2. The number of nitrogens with zero attached hydrogens (tertiary/aromatic N) is 1. The number of pyridine rings is 1. The van der Waals surface area contributed by atoms with Gasteiger partial charge in [-0.2, -0.15) is 0 Å². The third kappa shape index (κ3) is 4.05. The molecule has 0 radical (unpaired) electrons. The summed E-state index contributed by atoms with van der Waals surface area (Å²) < 4.78 is 30.8. The van der Waals surface area contributed by atoms with Crippen LogP contribution in [0.2, 0.25) is 5.02 Å². The summed E-state index contributed by atoms with van der Waals surface area (Å²) in [6.07, 6.45) is 4.23. The Morgan fingerprint density at radius 2 is 2.21 bits per heavy atom. The lowest BCUT2D eigenvalue weighted by atomic mass is 9.97. The molecule has 2 aliphatic heterocycles. The number of para-hydroxylation sites is 1. The summed E-state index contributed by atoms with van der Waals surface area (Å²) in [4.78, 5) is 20.5. The van der Waals surface area contributed by atoms with Crippen molar-refractivity contribution in [3.05, 3.63) is 52.9 Å². The number of hydrogen-bond acceptors (Lipinski definition) is 6. The molecule has 0 aliphatic carbocycles. The Morgan fingerprint density at radius 1 is 1.35 bits per heavy atom. The average molecular weight is 487 g/mol. The van der Waals surface area contributed by atoms with Crippen LogP contribution in [0, 0.1) is 0 Å². The summed E-state index contributed by atoms with van der Waals surface area (Å²) in [6.45, 7) is 0.705. The van der Waals surface area contributed by atoms with Crippen molar-refractivity contribution in [2.45, 2.75) is 18.4 Å². The van der Waals surface area contributed by atoms with Gasteiger partial charge in [0.2, 0.25) is 0 Å². The van der Waals surface area contributed by atoms with Crippen LogP contribution in [0.5, 0.6) is 11.5 Å². The van der Waals surface area contributed by atoms with Crippen molar-refractivity contribution in [2.24, 2.45) is 0 Å². The topological polar surface area (TPSA) is 97.5 Å². The van der Waals surface area contributed by atoms with E-state index in [2.05, 4.69) is 20.6 Å². The molecule has 1 fully saturated rings. The summed E-state index contributed by atoms with van der Waals surface area (Å²) >= 11 is 6.32. The monoisotopic (exact) mass is 486 g/mol. The van der Waals surface area contributed by atoms with Crippen LogP contribution in [0.15, 0.2) is 36.7 Å². The number of carbonyl (C=O) groups is 1. The minimum atomic E-state index is -0.619. The van der Waals surface area contributed by atoms with Crippen LogP contribution in [0.4, 0.5) is 15.8 Å². The van der Waals surface area contributed by atoms with E-state index in [4.69, 9.17) is 25.8 Å². The first-order valence-electron chi connectivity index (χ1n) is 11.0. The van der Waals surface area contributed by atoms with Crippen LogP contribution < -0.4 is 20.1 Å². The van der Waals surface area contributed by atoms with Gasteiger partial charge in [-0.25, -0.2) is 0 Å². The van der Waals surface area contributed by atoms with Crippen LogP contribution in [0.1, 0.15) is 28.4 Å². The maximum absolute atomic E-state index is 13.9. The highest BCUT2D eigenvalue weighted by Gasteiger charge is 2.34. The lowest BCUT2D eigenvalue weighted by molar-refractivity contribution is -0.0720. The predicted molar refractivity (Wildman–Crippen MR) is 126 cm³/mol. The van der Waals surface area contributed by atoms with Gasteiger partial charge in [-0.05, 0) is 18.2 Å². The van der Waals surface area contributed by atoms with Crippen molar-refractivity contribution in [3.8, 4) is 22.8 Å². The molecule has 3 N–H and O–H groups in total. The van der Waals surface area contributed by atoms with Gasteiger partial charge in [0.25, 0.3) is 5.91 Å². The molecule has 0 spiro atoms. The molecule has 0 bridgehead atoms. The van der Waals surface area contributed by atoms with E-state index in [-0.39, 0.29) is 18.6 Å². The van der Waals surface area contributed by atoms with E-state index in [0.29, 0.717) is 57.0 Å². The molecule has 1 saturated heterocycles. The molecule has 0 saturated carbocycles. The number of carbonyl (C=O) groups excluding carboxylic acids is 1. The number of methoxy groups -OCH3 is 1. The molecule has 10 heteroatoms. The van der Waals surface area contributed by atoms with Crippen LogP contribution in [-0.4, -0.2) is 55.5 Å². The number of nitrogens with one attached hydrogen (secondary N) is 3. The third-order valence-electron chi connectivity index (χ3n) is 6.06. The van der Waals surface area contributed by atoms with E-state index < -0.39 is 12.6 Å². The smallest absolute Gasteiger partial charge is 0.255 e. The first kappa shape index (κ1) is 22.5. The highest BCUT2D eigenvalue weighted by Crippen LogP contribution is 2.44. The van der Waals surface area contributed by atoms with Gasteiger partial charge in [0.05, 0.1) is 53.7 Å². The number of rotatable bonds is 8. The largest absolute Gasteiger partial charge is 0.493 e. The molecule has 2 aromatic heterocycles. The van der Waals surface area contributed by atoms with Crippen LogP contribution in [-0.2, 0) is 4.74 Å². The number of H-pyrrole nitrogens is 1. The third-order valence-corrected chi connectivity index (χ3v) is 6.36. The summed E-state index contributed by atoms with van der Waals surface area (Å²) in [5, 5.41) is 6.50.